The summed E-state index contributed by atoms with van der Waals surface area (Å²) in [5, 5.41) is 5.40. The van der Waals surface area contributed by atoms with Crippen LogP contribution in [0.4, 0.5) is 0 Å². The fourth-order valence-corrected chi connectivity index (χ4v) is 1.55. The van der Waals surface area contributed by atoms with E-state index in [-0.39, 0.29) is 11.6 Å². The maximum Gasteiger partial charge on any atom is 0.267 e. The molecule has 1 heterocycles. The van der Waals surface area contributed by atoms with Gasteiger partial charge in [0.2, 0.25) is 0 Å². The molecule has 4 N–H and O–H groups in total. The molecule has 11 heavy (non-hydrogen) atoms. The molecular weight excluding hydrogens is 142 g/mol. The van der Waals surface area contributed by atoms with Gasteiger partial charge in [0, 0.05) is 23.7 Å². The smallest absolute Gasteiger partial charge is 0.267 e. The van der Waals surface area contributed by atoms with Gasteiger partial charge < -0.3 is 10.8 Å². The van der Waals surface area contributed by atoms with Crippen molar-refractivity contribution in [1.82, 2.24) is 10.2 Å². The van der Waals surface area contributed by atoms with Crippen LogP contribution in [0.3, 0.4) is 0 Å². The molecule has 1 aromatic rings. The Hall–Kier alpha value is -1.03. The number of hydrogen-bond donors (Lipinski definition) is 3. The molecule has 2 rings (SSSR count). The summed E-state index contributed by atoms with van der Waals surface area (Å²) in [5.41, 5.74) is 7.63. The van der Waals surface area contributed by atoms with E-state index in [1.165, 1.54) is 0 Å². The number of aromatic amines is 2. The van der Waals surface area contributed by atoms with Crippen molar-refractivity contribution in [2.75, 3.05) is 0 Å². The number of hydrogen-bond acceptors (Lipinski definition) is 2. The highest BCUT2D eigenvalue weighted by atomic mass is 16.1. The van der Waals surface area contributed by atoms with E-state index < -0.39 is 0 Å². The van der Waals surface area contributed by atoms with Crippen LogP contribution in [0.1, 0.15) is 17.7 Å². The van der Waals surface area contributed by atoms with Crippen LogP contribution in [0.25, 0.3) is 0 Å². The Morgan fingerprint density at radius 2 is 2.27 bits per heavy atom. The Labute approximate surface area is 63.8 Å². The highest BCUT2D eigenvalue weighted by Gasteiger charge is 2.18. The maximum atomic E-state index is 11.0. The van der Waals surface area contributed by atoms with Crippen LogP contribution in [0.15, 0.2) is 4.79 Å². The van der Waals surface area contributed by atoms with Gasteiger partial charge in [-0.1, -0.05) is 0 Å². The molecule has 4 nitrogen and oxygen atoms in total. The molecule has 60 valence electrons. The van der Waals surface area contributed by atoms with Crippen molar-refractivity contribution < 1.29 is 0 Å². The first kappa shape index (κ1) is 6.67. The first-order chi connectivity index (χ1) is 5.27. The first-order valence-electron chi connectivity index (χ1n) is 3.81. The van der Waals surface area contributed by atoms with Gasteiger partial charge >= 0.3 is 0 Å². The van der Waals surface area contributed by atoms with Crippen LogP contribution in [0.5, 0.6) is 0 Å². The Morgan fingerprint density at radius 3 is 3.09 bits per heavy atom. The zero-order valence-corrected chi connectivity index (χ0v) is 6.18. The Morgan fingerprint density at radius 1 is 1.45 bits per heavy atom. The van der Waals surface area contributed by atoms with Gasteiger partial charge in [-0.3, -0.25) is 9.89 Å². The highest BCUT2D eigenvalue weighted by molar-refractivity contribution is 5.20. The standard InChI is InChI=1S/C7H11N3O/c8-4-1-2-5-6(3-4)9-10-7(5)11/h4H,1-3,8H2,(H2,9,10,11). The molecule has 1 atom stereocenters. The maximum absolute atomic E-state index is 11.0. The van der Waals surface area contributed by atoms with Crippen molar-refractivity contribution in [3.05, 3.63) is 21.6 Å². The first-order valence-corrected chi connectivity index (χ1v) is 3.81. The Bertz CT molecular complexity index is 312. The molecule has 0 amide bonds. The summed E-state index contributed by atoms with van der Waals surface area (Å²) in [4.78, 5) is 11.0. The second kappa shape index (κ2) is 2.23. The average molecular weight is 153 g/mol. The zero-order valence-electron chi connectivity index (χ0n) is 6.18. The van der Waals surface area contributed by atoms with Gasteiger partial charge in [0.05, 0.1) is 0 Å². The predicted molar refractivity (Wildman–Crippen MR) is 41.4 cm³/mol. The molecule has 1 aliphatic rings. The topological polar surface area (TPSA) is 74.7 Å². The summed E-state index contributed by atoms with van der Waals surface area (Å²) in [5.74, 6) is 0. The number of fused-ring (bicyclic) bond motifs is 1. The third kappa shape index (κ3) is 0.991. The molecule has 0 aromatic carbocycles. The van der Waals surface area contributed by atoms with E-state index in [2.05, 4.69) is 10.2 Å². The predicted octanol–water partition coefficient (Wildman–Crippen LogP) is -0.481. The van der Waals surface area contributed by atoms with Crippen molar-refractivity contribution >= 4 is 0 Å². The fourth-order valence-electron chi connectivity index (χ4n) is 1.55. The van der Waals surface area contributed by atoms with Gasteiger partial charge in [-0.25, -0.2) is 0 Å². The minimum atomic E-state index is 0.0203. The van der Waals surface area contributed by atoms with Crippen LogP contribution < -0.4 is 11.3 Å². The van der Waals surface area contributed by atoms with E-state index in [0.29, 0.717) is 0 Å². The zero-order chi connectivity index (χ0) is 7.84. The van der Waals surface area contributed by atoms with E-state index >= 15 is 0 Å². The second-order valence-electron chi connectivity index (χ2n) is 3.04. The van der Waals surface area contributed by atoms with Gasteiger partial charge in [0.25, 0.3) is 5.56 Å². The number of aromatic nitrogens is 2. The summed E-state index contributed by atoms with van der Waals surface area (Å²) in [7, 11) is 0. The van der Waals surface area contributed by atoms with E-state index in [4.69, 9.17) is 5.73 Å². The lowest BCUT2D eigenvalue weighted by molar-refractivity contribution is 0.568. The lowest BCUT2D eigenvalue weighted by atomic mass is 9.94. The lowest BCUT2D eigenvalue weighted by Gasteiger charge is -2.15. The molecule has 0 spiro atoms. The second-order valence-corrected chi connectivity index (χ2v) is 3.04. The summed E-state index contributed by atoms with van der Waals surface area (Å²) in [6.07, 6.45) is 2.54. The van der Waals surface area contributed by atoms with Crippen molar-refractivity contribution in [3.63, 3.8) is 0 Å². The van der Waals surface area contributed by atoms with Crippen LogP contribution in [-0.2, 0) is 12.8 Å². The van der Waals surface area contributed by atoms with Gasteiger partial charge in [-0.2, -0.15) is 0 Å². The van der Waals surface area contributed by atoms with E-state index in [1.807, 2.05) is 0 Å². The Balaban J connectivity index is 2.44. The SMILES string of the molecule is NC1CCc2c([nH][nH]c2=O)C1. The molecule has 0 aliphatic heterocycles. The molecule has 0 radical (unpaired) electrons. The van der Waals surface area contributed by atoms with Gasteiger partial charge in [-0.05, 0) is 12.8 Å². The van der Waals surface area contributed by atoms with Crippen molar-refractivity contribution in [2.45, 2.75) is 25.3 Å². The third-order valence-electron chi connectivity index (χ3n) is 2.20. The molecule has 0 saturated carbocycles. The molecule has 4 heteroatoms. The van der Waals surface area contributed by atoms with E-state index in [1.54, 1.807) is 0 Å². The molecule has 1 aromatic heterocycles. The van der Waals surface area contributed by atoms with Crippen molar-refractivity contribution in [2.24, 2.45) is 5.73 Å². The number of nitrogens with two attached hydrogens (primary N) is 1. The molecule has 1 unspecified atom stereocenters. The van der Waals surface area contributed by atoms with Gasteiger partial charge in [0.15, 0.2) is 0 Å². The van der Waals surface area contributed by atoms with Crippen LogP contribution in [-0.4, -0.2) is 16.2 Å². The van der Waals surface area contributed by atoms with E-state index in [9.17, 15) is 4.79 Å². The molecular formula is C7H11N3O. The summed E-state index contributed by atoms with van der Waals surface area (Å²) in [6.45, 7) is 0. The summed E-state index contributed by atoms with van der Waals surface area (Å²) in [6, 6.07) is 0.217. The number of nitrogens with one attached hydrogen (secondary N) is 2. The number of rotatable bonds is 0. The van der Waals surface area contributed by atoms with Crippen LogP contribution in [0.2, 0.25) is 0 Å². The summed E-state index contributed by atoms with van der Waals surface area (Å²) >= 11 is 0. The molecule has 1 aliphatic carbocycles. The average Bonchev–Trinajstić information content (AvgIpc) is 2.32. The lowest BCUT2D eigenvalue weighted by Crippen LogP contribution is -2.29. The minimum absolute atomic E-state index is 0.0203. The monoisotopic (exact) mass is 153 g/mol. The van der Waals surface area contributed by atoms with Gasteiger partial charge in [0.1, 0.15) is 0 Å². The fraction of sp³-hybridized carbons (Fsp3) is 0.571. The van der Waals surface area contributed by atoms with Crippen LogP contribution in [0, 0.1) is 0 Å². The third-order valence-corrected chi connectivity index (χ3v) is 2.20. The molecule has 0 bridgehead atoms. The van der Waals surface area contributed by atoms with Crippen LogP contribution >= 0.6 is 0 Å². The summed E-state index contributed by atoms with van der Waals surface area (Å²) < 4.78 is 0. The van der Waals surface area contributed by atoms with Crippen molar-refractivity contribution in [3.8, 4) is 0 Å². The Kier molecular flexibility index (Phi) is 1.35. The normalized spacial score (nSPS) is 23.2. The van der Waals surface area contributed by atoms with E-state index in [0.717, 1.165) is 30.5 Å². The highest BCUT2D eigenvalue weighted by Crippen LogP contribution is 2.13. The molecule has 0 saturated heterocycles. The molecule has 0 fully saturated rings. The largest absolute Gasteiger partial charge is 0.327 e. The number of H-pyrrole nitrogens is 2. The quantitative estimate of drug-likeness (QED) is 0.471. The van der Waals surface area contributed by atoms with Crippen molar-refractivity contribution in [1.29, 1.82) is 0 Å². The van der Waals surface area contributed by atoms with Gasteiger partial charge in [-0.15, -0.1) is 0 Å². The minimum Gasteiger partial charge on any atom is -0.327 e.